The molecule has 0 bridgehead atoms. The van der Waals surface area contributed by atoms with Gasteiger partial charge in [-0.3, -0.25) is 0 Å². The fourth-order valence-electron chi connectivity index (χ4n) is 1.36. The second-order valence-electron chi connectivity index (χ2n) is 5.87. The zero-order valence-electron chi connectivity index (χ0n) is 12.4. The van der Waals surface area contributed by atoms with Crippen LogP contribution in [-0.4, -0.2) is 24.8 Å². The van der Waals surface area contributed by atoms with Crippen molar-refractivity contribution < 1.29 is 9.31 Å². The number of hydrogen-bond acceptors (Lipinski definition) is 2. The number of rotatable bonds is 7. The van der Waals surface area contributed by atoms with Crippen molar-refractivity contribution in [3.05, 3.63) is 0 Å². The molecule has 0 aromatic carbocycles. The molecule has 0 aromatic heterocycles. The van der Waals surface area contributed by atoms with Gasteiger partial charge in [-0.25, -0.2) is 0 Å². The zero-order valence-corrected chi connectivity index (χ0v) is 12.4. The first-order chi connectivity index (χ1) is 7.13. The summed E-state index contributed by atoms with van der Waals surface area (Å²) < 4.78 is 12.0. The molecule has 0 aromatic rings. The second-order valence-corrected chi connectivity index (χ2v) is 5.87. The molecule has 0 unspecified atom stereocenters. The van der Waals surface area contributed by atoms with Crippen LogP contribution in [0.15, 0.2) is 0 Å². The largest absolute Gasteiger partial charge is 0.436 e. The van der Waals surface area contributed by atoms with Gasteiger partial charge in [0.25, 0.3) is 13.6 Å². The van der Waals surface area contributed by atoms with Gasteiger partial charge in [0.15, 0.2) is 0 Å². The van der Waals surface area contributed by atoms with Crippen molar-refractivity contribution >= 4 is 13.6 Å². The summed E-state index contributed by atoms with van der Waals surface area (Å²) in [5, 5.41) is 0. The molecule has 16 heavy (non-hydrogen) atoms. The molecule has 0 N–H and O–H groups in total. The molecule has 0 rings (SSSR count). The van der Waals surface area contributed by atoms with E-state index in [9.17, 15) is 0 Å². The Morgan fingerprint density at radius 1 is 0.750 bits per heavy atom. The van der Waals surface area contributed by atoms with Crippen molar-refractivity contribution in [3.63, 3.8) is 0 Å². The van der Waals surface area contributed by atoms with Crippen LogP contribution in [0, 0.1) is 0 Å². The van der Waals surface area contributed by atoms with Gasteiger partial charge in [0.1, 0.15) is 0 Å². The van der Waals surface area contributed by atoms with Crippen molar-refractivity contribution in [2.24, 2.45) is 0 Å². The topological polar surface area (TPSA) is 18.5 Å². The van der Waals surface area contributed by atoms with Gasteiger partial charge < -0.3 is 9.31 Å². The minimum absolute atomic E-state index is 0.0621. The van der Waals surface area contributed by atoms with E-state index >= 15 is 0 Å². The molecule has 0 amide bonds. The van der Waals surface area contributed by atoms with Gasteiger partial charge in [0.2, 0.25) is 0 Å². The first-order valence-corrected chi connectivity index (χ1v) is 6.49. The summed E-state index contributed by atoms with van der Waals surface area (Å²) in [5.74, 6) is 0. The maximum Gasteiger partial charge on any atom is 0.289 e. The maximum absolute atomic E-state index is 6.01. The molecule has 0 saturated carbocycles. The van der Waals surface area contributed by atoms with E-state index in [2.05, 4.69) is 55.2 Å². The van der Waals surface area contributed by atoms with E-state index in [1.54, 1.807) is 0 Å². The predicted molar refractivity (Wildman–Crippen MR) is 74.1 cm³/mol. The average molecular weight is 226 g/mol. The smallest absolute Gasteiger partial charge is 0.289 e. The molecule has 0 heterocycles. The normalized spacial score (nSPS) is 12.8. The van der Waals surface area contributed by atoms with E-state index in [1.165, 1.54) is 0 Å². The van der Waals surface area contributed by atoms with Gasteiger partial charge in [-0.15, -0.1) is 0 Å². The first kappa shape index (κ1) is 16.0. The fraction of sp³-hybridized carbons (Fsp3) is 1.00. The molecule has 0 aliphatic carbocycles. The van der Waals surface area contributed by atoms with Crippen LogP contribution in [0.5, 0.6) is 0 Å². The van der Waals surface area contributed by atoms with Crippen molar-refractivity contribution in [1.82, 2.24) is 0 Å². The minimum atomic E-state index is -0.0621. The van der Waals surface area contributed by atoms with E-state index in [0.29, 0.717) is 0 Å². The second kappa shape index (κ2) is 6.11. The third-order valence-electron chi connectivity index (χ3n) is 3.37. The highest BCUT2D eigenvalue weighted by molar-refractivity contribution is 7.15. The van der Waals surface area contributed by atoms with Gasteiger partial charge >= 0.3 is 0 Å². The molecule has 0 saturated heterocycles. The summed E-state index contributed by atoms with van der Waals surface area (Å²) in [4.78, 5) is 0. The quantitative estimate of drug-likeness (QED) is 0.616. The van der Waals surface area contributed by atoms with Crippen LogP contribution < -0.4 is 0 Å². The Balaban J connectivity index is 4.24. The Kier molecular flexibility index (Phi) is 6.13. The molecule has 0 spiro atoms. The summed E-state index contributed by atoms with van der Waals surface area (Å²) in [6.45, 7) is 17.2. The highest BCUT2D eigenvalue weighted by Gasteiger charge is 2.33. The molecule has 94 valence electrons. The summed E-state index contributed by atoms with van der Waals surface area (Å²) in [6.07, 6.45) is 2.03. The highest BCUT2D eigenvalue weighted by atomic mass is 16.5. The maximum atomic E-state index is 6.01. The van der Waals surface area contributed by atoms with Crippen molar-refractivity contribution in [2.75, 3.05) is 0 Å². The Morgan fingerprint density at radius 3 is 1.19 bits per heavy atom. The van der Waals surface area contributed by atoms with Crippen molar-refractivity contribution in [2.45, 2.75) is 79.2 Å². The molecular weight excluding hydrogens is 198 g/mol. The third-order valence-corrected chi connectivity index (χ3v) is 3.37. The van der Waals surface area contributed by atoms with Crippen LogP contribution in [0.25, 0.3) is 0 Å². The zero-order chi connectivity index (χ0) is 13.0. The van der Waals surface area contributed by atoms with Gasteiger partial charge in [0.05, 0.1) is 0 Å². The SMILES string of the molecule is CCC(C)(C)OB(C)B(C)OC(C)(C)CC. The van der Waals surface area contributed by atoms with E-state index in [0.717, 1.165) is 12.8 Å². The van der Waals surface area contributed by atoms with Gasteiger partial charge in [0, 0.05) is 11.2 Å². The predicted octanol–water partition coefficient (Wildman–Crippen LogP) is 3.72. The monoisotopic (exact) mass is 226 g/mol. The summed E-state index contributed by atoms with van der Waals surface area (Å²) in [5.41, 5.74) is -0.124. The molecule has 2 nitrogen and oxygen atoms in total. The lowest BCUT2D eigenvalue weighted by molar-refractivity contribution is 0.0904. The van der Waals surface area contributed by atoms with Crippen molar-refractivity contribution in [1.29, 1.82) is 0 Å². The molecule has 0 atom stereocenters. The lowest BCUT2D eigenvalue weighted by Crippen LogP contribution is -2.46. The van der Waals surface area contributed by atoms with Crippen LogP contribution in [0.3, 0.4) is 0 Å². The summed E-state index contributed by atoms with van der Waals surface area (Å²) in [7, 11) is 0. The van der Waals surface area contributed by atoms with E-state index in [4.69, 9.17) is 9.31 Å². The molecule has 0 aliphatic heterocycles. The molecule has 0 fully saturated rings. The highest BCUT2D eigenvalue weighted by Crippen LogP contribution is 2.20. The molecular formula is C12H28B2O2. The molecule has 0 aliphatic rings. The average Bonchev–Trinajstić information content (AvgIpc) is 2.16. The van der Waals surface area contributed by atoms with E-state index < -0.39 is 0 Å². The summed E-state index contributed by atoms with van der Waals surface area (Å²) in [6, 6.07) is 0. The van der Waals surface area contributed by atoms with Crippen molar-refractivity contribution in [3.8, 4) is 0 Å². The van der Waals surface area contributed by atoms with Crippen LogP contribution in [0.4, 0.5) is 0 Å². The summed E-state index contributed by atoms with van der Waals surface area (Å²) >= 11 is 0. The first-order valence-electron chi connectivity index (χ1n) is 6.49. The third kappa shape index (κ3) is 5.95. The van der Waals surface area contributed by atoms with Gasteiger partial charge in [-0.05, 0) is 40.5 Å². The number of hydrogen-bond donors (Lipinski definition) is 0. The minimum Gasteiger partial charge on any atom is -0.436 e. The standard InChI is InChI=1S/C12H28B2O2/c1-9-11(3,4)15-13(7)14(8)16-12(5,6)10-2/h9-10H2,1-8H3. The van der Waals surface area contributed by atoms with Crippen LogP contribution in [-0.2, 0) is 9.31 Å². The Bertz CT molecular complexity index is 183. The Labute approximate surface area is 103 Å². The fourth-order valence-corrected chi connectivity index (χ4v) is 1.36. The van der Waals surface area contributed by atoms with E-state index in [-0.39, 0.29) is 24.8 Å². The molecule has 4 heteroatoms. The Hall–Kier alpha value is 0.0499. The van der Waals surface area contributed by atoms with Crippen LogP contribution >= 0.6 is 0 Å². The van der Waals surface area contributed by atoms with Gasteiger partial charge in [-0.1, -0.05) is 27.5 Å². The van der Waals surface area contributed by atoms with Crippen LogP contribution in [0.1, 0.15) is 54.4 Å². The Morgan fingerprint density at radius 2 is 1.00 bits per heavy atom. The van der Waals surface area contributed by atoms with E-state index in [1.807, 2.05) is 0 Å². The lowest BCUT2D eigenvalue weighted by atomic mass is 9.28. The van der Waals surface area contributed by atoms with Gasteiger partial charge in [-0.2, -0.15) is 0 Å². The van der Waals surface area contributed by atoms with Crippen LogP contribution in [0.2, 0.25) is 13.6 Å². The molecule has 0 radical (unpaired) electrons. The lowest BCUT2D eigenvalue weighted by Gasteiger charge is -2.33.